The lowest BCUT2D eigenvalue weighted by atomic mass is 9.79. The Morgan fingerprint density at radius 3 is 2.75 bits per heavy atom. The van der Waals surface area contributed by atoms with E-state index in [1.54, 1.807) is 0 Å². The zero-order valence-corrected chi connectivity index (χ0v) is 9.51. The molecule has 0 spiro atoms. The zero-order chi connectivity index (χ0) is 11.7. The number of carboxylic acid groups (broad SMARTS) is 1. The molecule has 3 heteroatoms. The summed E-state index contributed by atoms with van der Waals surface area (Å²) in [4.78, 5) is 10.9. The Hall–Kier alpha value is -1.51. The van der Waals surface area contributed by atoms with Crippen LogP contribution in [0, 0.1) is 5.92 Å². The molecule has 3 nitrogen and oxygen atoms in total. The molecule has 2 rings (SSSR count). The first-order valence-corrected chi connectivity index (χ1v) is 5.57. The fourth-order valence-corrected chi connectivity index (χ4v) is 2.30. The van der Waals surface area contributed by atoms with Crippen LogP contribution in [0.4, 0.5) is 0 Å². The van der Waals surface area contributed by atoms with Crippen molar-refractivity contribution in [2.75, 3.05) is 0 Å². The summed E-state index contributed by atoms with van der Waals surface area (Å²) in [6.45, 7) is 4.05. The minimum atomic E-state index is -0.749. The maximum Gasteiger partial charge on any atom is 0.303 e. The molecule has 1 aliphatic heterocycles. The van der Waals surface area contributed by atoms with Crippen LogP contribution in [0.25, 0.3) is 0 Å². The van der Waals surface area contributed by atoms with Crippen molar-refractivity contribution < 1.29 is 14.6 Å². The average molecular weight is 220 g/mol. The van der Waals surface area contributed by atoms with Gasteiger partial charge in [0.05, 0.1) is 12.5 Å². The molecule has 0 fully saturated rings. The van der Waals surface area contributed by atoms with Crippen LogP contribution in [-0.4, -0.2) is 17.2 Å². The summed E-state index contributed by atoms with van der Waals surface area (Å²) in [6.07, 6.45) is 0.241. The Balaban J connectivity index is 2.37. The molecular formula is C13H16O3. The largest absolute Gasteiger partial charge is 0.490 e. The number of para-hydroxylation sites is 1. The number of carboxylic acids is 1. The average Bonchev–Trinajstić information content (AvgIpc) is 2.24. The van der Waals surface area contributed by atoms with Crippen LogP contribution in [0.2, 0.25) is 0 Å². The van der Waals surface area contributed by atoms with Crippen molar-refractivity contribution in [2.24, 2.45) is 5.92 Å². The summed E-state index contributed by atoms with van der Waals surface area (Å²) in [5, 5.41) is 8.95. The molecule has 1 aromatic rings. The third-order valence-corrected chi connectivity index (χ3v) is 3.40. The second-order valence-corrected chi connectivity index (χ2v) is 4.42. The van der Waals surface area contributed by atoms with Crippen LogP contribution >= 0.6 is 0 Å². The van der Waals surface area contributed by atoms with Gasteiger partial charge in [-0.1, -0.05) is 25.1 Å². The monoisotopic (exact) mass is 220 g/mol. The van der Waals surface area contributed by atoms with Gasteiger partial charge in [0, 0.05) is 11.8 Å². The highest BCUT2D eigenvalue weighted by Crippen LogP contribution is 2.41. The van der Waals surface area contributed by atoms with Crippen LogP contribution in [0.3, 0.4) is 0 Å². The lowest BCUT2D eigenvalue weighted by Crippen LogP contribution is -2.33. The van der Waals surface area contributed by atoms with E-state index in [9.17, 15) is 4.79 Å². The molecule has 1 aliphatic rings. The predicted octanol–water partition coefficient (Wildman–Crippen LogP) is 2.66. The normalized spacial score (nSPS) is 28.0. The van der Waals surface area contributed by atoms with E-state index in [1.807, 2.05) is 38.1 Å². The number of ether oxygens (including phenoxy) is 1. The van der Waals surface area contributed by atoms with Crippen molar-refractivity contribution >= 4 is 5.97 Å². The van der Waals surface area contributed by atoms with Crippen molar-refractivity contribution in [3.63, 3.8) is 0 Å². The van der Waals surface area contributed by atoms with Gasteiger partial charge in [-0.15, -0.1) is 0 Å². The molecule has 86 valence electrons. The lowest BCUT2D eigenvalue weighted by Gasteiger charge is -2.35. The molecular weight excluding hydrogens is 204 g/mol. The lowest BCUT2D eigenvalue weighted by molar-refractivity contribution is -0.138. The van der Waals surface area contributed by atoms with E-state index >= 15 is 0 Å². The first-order chi connectivity index (χ1) is 7.59. The first-order valence-electron chi connectivity index (χ1n) is 5.57. The molecule has 1 aromatic carbocycles. The molecule has 3 unspecified atom stereocenters. The Kier molecular flexibility index (Phi) is 2.86. The first kappa shape index (κ1) is 11.0. The summed E-state index contributed by atoms with van der Waals surface area (Å²) in [5.74, 6) is 0.364. The number of fused-ring (bicyclic) bond motifs is 1. The summed E-state index contributed by atoms with van der Waals surface area (Å²) >= 11 is 0. The van der Waals surface area contributed by atoms with Gasteiger partial charge in [0.25, 0.3) is 0 Å². The van der Waals surface area contributed by atoms with Crippen molar-refractivity contribution in [3.05, 3.63) is 29.8 Å². The molecule has 0 saturated carbocycles. The summed E-state index contributed by atoms with van der Waals surface area (Å²) < 4.78 is 5.76. The van der Waals surface area contributed by atoms with Gasteiger partial charge in [-0.3, -0.25) is 4.79 Å². The van der Waals surface area contributed by atoms with E-state index in [0.29, 0.717) is 0 Å². The van der Waals surface area contributed by atoms with Crippen molar-refractivity contribution in [3.8, 4) is 5.75 Å². The molecule has 16 heavy (non-hydrogen) atoms. The second-order valence-electron chi connectivity index (χ2n) is 4.42. The molecule has 0 amide bonds. The Morgan fingerprint density at radius 2 is 2.06 bits per heavy atom. The van der Waals surface area contributed by atoms with Gasteiger partial charge in [-0.2, -0.15) is 0 Å². The third kappa shape index (κ3) is 1.90. The molecule has 0 saturated heterocycles. The minimum absolute atomic E-state index is 0.0532. The topological polar surface area (TPSA) is 46.5 Å². The number of rotatable bonds is 2. The number of carbonyl (C=O) groups is 1. The highest BCUT2D eigenvalue weighted by Gasteiger charge is 2.33. The van der Waals surface area contributed by atoms with Gasteiger partial charge in [0.1, 0.15) is 5.75 Å². The number of benzene rings is 1. The predicted molar refractivity (Wildman–Crippen MR) is 60.7 cm³/mol. The second kappa shape index (κ2) is 4.16. The van der Waals surface area contributed by atoms with Crippen molar-refractivity contribution in [1.82, 2.24) is 0 Å². The molecule has 1 N–H and O–H groups in total. The van der Waals surface area contributed by atoms with Crippen molar-refractivity contribution in [1.29, 1.82) is 0 Å². The molecule has 0 aromatic heterocycles. The van der Waals surface area contributed by atoms with Crippen LogP contribution in [0.1, 0.15) is 31.7 Å². The fraction of sp³-hybridized carbons (Fsp3) is 0.462. The number of hydrogen-bond donors (Lipinski definition) is 1. The summed E-state index contributed by atoms with van der Waals surface area (Å²) in [6, 6.07) is 7.72. The Morgan fingerprint density at radius 1 is 1.38 bits per heavy atom. The van der Waals surface area contributed by atoms with E-state index in [4.69, 9.17) is 9.84 Å². The Bertz CT molecular complexity index is 400. The van der Waals surface area contributed by atoms with E-state index in [1.165, 1.54) is 0 Å². The number of aliphatic carboxylic acids is 1. The summed E-state index contributed by atoms with van der Waals surface area (Å²) in [5.41, 5.74) is 1.02. The highest BCUT2D eigenvalue weighted by molar-refractivity contribution is 5.68. The van der Waals surface area contributed by atoms with Gasteiger partial charge in [0.2, 0.25) is 0 Å². The van der Waals surface area contributed by atoms with Gasteiger partial charge in [0.15, 0.2) is 0 Å². The van der Waals surface area contributed by atoms with E-state index < -0.39 is 5.97 Å². The van der Waals surface area contributed by atoms with Crippen LogP contribution in [0.5, 0.6) is 5.75 Å². The highest BCUT2D eigenvalue weighted by atomic mass is 16.5. The maximum absolute atomic E-state index is 10.9. The minimum Gasteiger partial charge on any atom is -0.490 e. The quantitative estimate of drug-likeness (QED) is 0.833. The molecule has 0 radical (unpaired) electrons. The van der Waals surface area contributed by atoms with Gasteiger partial charge < -0.3 is 9.84 Å². The molecule has 3 atom stereocenters. The molecule has 0 bridgehead atoms. The maximum atomic E-state index is 10.9. The van der Waals surface area contributed by atoms with E-state index in [2.05, 4.69) is 0 Å². The number of hydrogen-bond acceptors (Lipinski definition) is 2. The summed E-state index contributed by atoms with van der Waals surface area (Å²) in [7, 11) is 0. The van der Waals surface area contributed by atoms with Gasteiger partial charge in [-0.25, -0.2) is 0 Å². The van der Waals surface area contributed by atoms with Crippen molar-refractivity contribution in [2.45, 2.75) is 32.3 Å². The Labute approximate surface area is 95.0 Å². The molecule has 0 aliphatic carbocycles. The van der Waals surface area contributed by atoms with Gasteiger partial charge in [-0.05, 0) is 18.6 Å². The van der Waals surface area contributed by atoms with E-state index in [-0.39, 0.29) is 24.4 Å². The fourth-order valence-electron chi connectivity index (χ4n) is 2.30. The standard InChI is InChI=1S/C13H16O3/c1-8-9(2)16-12-6-4-3-5-10(12)11(8)7-13(14)15/h3-6,8-9,11H,7H2,1-2H3,(H,14,15). The molecule has 1 heterocycles. The van der Waals surface area contributed by atoms with Crippen LogP contribution in [0.15, 0.2) is 24.3 Å². The SMILES string of the molecule is CC1Oc2ccccc2C(CC(=O)O)C1C. The van der Waals surface area contributed by atoms with Crippen LogP contribution in [-0.2, 0) is 4.79 Å². The zero-order valence-electron chi connectivity index (χ0n) is 9.51. The smallest absolute Gasteiger partial charge is 0.303 e. The van der Waals surface area contributed by atoms with E-state index in [0.717, 1.165) is 11.3 Å². The van der Waals surface area contributed by atoms with Gasteiger partial charge >= 0.3 is 5.97 Å². The van der Waals surface area contributed by atoms with Crippen LogP contribution < -0.4 is 4.74 Å². The third-order valence-electron chi connectivity index (χ3n) is 3.40.